The van der Waals surface area contributed by atoms with E-state index in [1.54, 1.807) is 0 Å². The molecule has 0 spiro atoms. The van der Waals surface area contributed by atoms with E-state index in [1.165, 1.54) is 43.9 Å². The Labute approximate surface area is 110 Å². The van der Waals surface area contributed by atoms with Crippen LogP contribution in [0.15, 0.2) is 0 Å². The second kappa shape index (κ2) is 8.28. The highest BCUT2D eigenvalue weighted by Crippen LogP contribution is 2.27. The number of rotatable bonds is 10. The van der Waals surface area contributed by atoms with Gasteiger partial charge in [0.2, 0.25) is 0 Å². The summed E-state index contributed by atoms with van der Waals surface area (Å²) < 4.78 is 7.34. The lowest BCUT2D eigenvalue weighted by Crippen LogP contribution is -2.41. The fraction of sp³-hybridized carbons (Fsp3) is 1.00. The first-order chi connectivity index (χ1) is 7.89. The minimum atomic E-state index is -1.41. The molecule has 0 saturated carbocycles. The number of hydrogen-bond acceptors (Lipinski definition) is 1. The molecule has 0 aliphatic rings. The average molecular weight is 261 g/mol. The third kappa shape index (κ3) is 7.95. The van der Waals surface area contributed by atoms with Gasteiger partial charge in [-0.25, -0.2) is 0 Å². The van der Waals surface area contributed by atoms with Gasteiger partial charge in [0.25, 0.3) is 0 Å². The number of quaternary nitrogens is 1. The predicted molar refractivity (Wildman–Crippen MR) is 79.9 cm³/mol. The zero-order valence-electron chi connectivity index (χ0n) is 13.0. The van der Waals surface area contributed by atoms with E-state index in [0.29, 0.717) is 0 Å². The van der Waals surface area contributed by atoms with Gasteiger partial charge in [0.05, 0.1) is 27.7 Å². The van der Waals surface area contributed by atoms with Crippen molar-refractivity contribution in [3.05, 3.63) is 0 Å². The molecule has 0 amide bonds. The summed E-state index contributed by atoms with van der Waals surface area (Å²) in [6.07, 6.45) is 3.91. The zero-order valence-corrected chi connectivity index (χ0v) is 14.0. The fourth-order valence-electron chi connectivity index (χ4n) is 2.68. The van der Waals surface area contributed by atoms with Crippen LogP contribution >= 0.6 is 0 Å². The van der Waals surface area contributed by atoms with Crippen molar-refractivity contribution < 1.29 is 8.91 Å². The minimum Gasteiger partial charge on any atom is -0.417 e. The molecule has 2 nitrogen and oxygen atoms in total. The van der Waals surface area contributed by atoms with Gasteiger partial charge in [-0.1, -0.05) is 26.7 Å². The van der Waals surface area contributed by atoms with E-state index < -0.39 is 8.32 Å². The van der Waals surface area contributed by atoms with Gasteiger partial charge in [-0.05, 0) is 31.5 Å². The Kier molecular flexibility index (Phi) is 8.34. The second-order valence-electron chi connectivity index (χ2n) is 6.23. The Hall–Kier alpha value is 0.137. The van der Waals surface area contributed by atoms with Crippen molar-refractivity contribution in [2.45, 2.75) is 58.2 Å². The van der Waals surface area contributed by atoms with Gasteiger partial charge in [-0.2, -0.15) is 0 Å². The molecule has 0 radical (unpaired) electrons. The fourth-order valence-corrected chi connectivity index (χ4v) is 7.10. The Morgan fingerprint density at radius 3 is 1.76 bits per heavy atom. The molecular formula is C14H34NOSi+. The molecule has 0 aromatic heterocycles. The quantitative estimate of drug-likeness (QED) is 0.428. The first-order valence-electron chi connectivity index (χ1n) is 7.33. The van der Waals surface area contributed by atoms with Crippen LogP contribution in [-0.4, -0.2) is 47.1 Å². The smallest absolute Gasteiger partial charge is 0.192 e. The summed E-state index contributed by atoms with van der Waals surface area (Å²) in [5.74, 6) is 0. The maximum Gasteiger partial charge on any atom is 0.192 e. The van der Waals surface area contributed by atoms with Gasteiger partial charge < -0.3 is 8.91 Å². The Morgan fingerprint density at radius 2 is 1.41 bits per heavy atom. The molecule has 0 bridgehead atoms. The van der Waals surface area contributed by atoms with E-state index in [2.05, 4.69) is 41.9 Å². The molecule has 0 N–H and O–H groups in total. The van der Waals surface area contributed by atoms with Crippen LogP contribution in [0.2, 0.25) is 18.1 Å². The Morgan fingerprint density at radius 1 is 0.882 bits per heavy atom. The van der Waals surface area contributed by atoms with Crippen molar-refractivity contribution in [3.63, 3.8) is 0 Å². The molecule has 0 heterocycles. The third-order valence-corrected chi connectivity index (χ3v) is 8.31. The largest absolute Gasteiger partial charge is 0.417 e. The monoisotopic (exact) mass is 260 g/mol. The van der Waals surface area contributed by atoms with Crippen molar-refractivity contribution in [1.29, 1.82) is 0 Å². The molecule has 0 aliphatic heterocycles. The molecule has 0 aliphatic carbocycles. The molecule has 104 valence electrons. The van der Waals surface area contributed by atoms with Gasteiger partial charge in [-0.3, -0.25) is 0 Å². The highest BCUT2D eigenvalue weighted by Gasteiger charge is 2.32. The van der Waals surface area contributed by atoms with Crippen LogP contribution in [0.5, 0.6) is 0 Å². The van der Waals surface area contributed by atoms with Gasteiger partial charge >= 0.3 is 0 Å². The summed E-state index contributed by atoms with van der Waals surface area (Å²) in [6, 6.07) is 4.07. The normalized spacial score (nSPS) is 13.1. The predicted octanol–water partition coefficient (Wildman–Crippen LogP) is 3.88. The summed E-state index contributed by atoms with van der Waals surface area (Å²) >= 11 is 0. The molecule has 0 rings (SSSR count). The van der Waals surface area contributed by atoms with E-state index in [0.717, 1.165) is 11.1 Å². The van der Waals surface area contributed by atoms with Crippen molar-refractivity contribution >= 4 is 8.32 Å². The molecule has 0 fully saturated rings. The van der Waals surface area contributed by atoms with Crippen LogP contribution in [0, 0.1) is 0 Å². The molecule has 0 saturated heterocycles. The summed E-state index contributed by atoms with van der Waals surface area (Å²) in [7, 11) is 5.44. The summed E-state index contributed by atoms with van der Waals surface area (Å²) in [4.78, 5) is 0. The van der Waals surface area contributed by atoms with Crippen molar-refractivity contribution in [2.24, 2.45) is 0 Å². The van der Waals surface area contributed by atoms with E-state index in [9.17, 15) is 0 Å². The first kappa shape index (κ1) is 17.1. The molecule has 3 heteroatoms. The maximum absolute atomic E-state index is 6.26. The molecule has 0 atom stereocenters. The lowest BCUT2D eigenvalue weighted by Gasteiger charge is -2.32. The number of hydrogen-bond donors (Lipinski definition) is 0. The third-order valence-electron chi connectivity index (χ3n) is 3.32. The van der Waals surface area contributed by atoms with Gasteiger partial charge in [0, 0.05) is 6.61 Å². The summed E-state index contributed by atoms with van der Waals surface area (Å²) in [5.41, 5.74) is 0. The molecule has 0 aromatic carbocycles. The van der Waals surface area contributed by atoms with Crippen LogP contribution < -0.4 is 0 Å². The molecule has 0 aromatic rings. The first-order valence-corrected chi connectivity index (χ1v) is 9.86. The lowest BCUT2D eigenvalue weighted by molar-refractivity contribution is -0.870. The lowest BCUT2D eigenvalue weighted by atomic mass is 10.4. The van der Waals surface area contributed by atoms with Crippen LogP contribution in [0.4, 0.5) is 0 Å². The summed E-state index contributed by atoms with van der Waals surface area (Å²) in [5, 5.41) is 0. The second-order valence-corrected chi connectivity index (χ2v) is 10.4. The molecule has 0 unspecified atom stereocenters. The Balaban J connectivity index is 4.33. The molecular weight excluding hydrogens is 226 g/mol. The minimum absolute atomic E-state index is 0.913. The van der Waals surface area contributed by atoms with Crippen LogP contribution in [0.1, 0.15) is 40.0 Å². The van der Waals surface area contributed by atoms with Crippen molar-refractivity contribution in [3.8, 4) is 0 Å². The van der Waals surface area contributed by atoms with Gasteiger partial charge in [-0.15, -0.1) is 0 Å². The van der Waals surface area contributed by atoms with E-state index in [1.807, 2.05) is 0 Å². The van der Waals surface area contributed by atoms with Crippen LogP contribution in [0.3, 0.4) is 0 Å². The summed E-state index contributed by atoms with van der Waals surface area (Å²) in [6.45, 7) is 8.95. The Bertz CT molecular complexity index is 172. The standard InChI is InChI=1S/C14H34NOSi/c1-7-12-17(13-8-2,16-9-3)14-10-11-15(4,5)6/h7-14H2,1-6H3/q+1. The van der Waals surface area contributed by atoms with E-state index >= 15 is 0 Å². The number of nitrogens with zero attached hydrogens (tertiary/aromatic N) is 1. The van der Waals surface area contributed by atoms with Crippen LogP contribution in [-0.2, 0) is 4.43 Å². The highest BCUT2D eigenvalue weighted by molar-refractivity contribution is 6.73. The van der Waals surface area contributed by atoms with Crippen molar-refractivity contribution in [2.75, 3.05) is 34.3 Å². The van der Waals surface area contributed by atoms with Gasteiger partial charge in [0.15, 0.2) is 8.32 Å². The topological polar surface area (TPSA) is 9.23 Å². The highest BCUT2D eigenvalue weighted by atomic mass is 28.4. The SMILES string of the molecule is CCC[Si](CCC)(CCC[N+](C)(C)C)OCC. The molecule has 17 heavy (non-hydrogen) atoms. The van der Waals surface area contributed by atoms with E-state index in [4.69, 9.17) is 4.43 Å². The van der Waals surface area contributed by atoms with Crippen LogP contribution in [0.25, 0.3) is 0 Å². The maximum atomic E-state index is 6.26. The van der Waals surface area contributed by atoms with E-state index in [-0.39, 0.29) is 0 Å². The zero-order chi connectivity index (χ0) is 13.4. The van der Waals surface area contributed by atoms with Crippen molar-refractivity contribution in [1.82, 2.24) is 0 Å². The van der Waals surface area contributed by atoms with Gasteiger partial charge in [0.1, 0.15) is 0 Å². The average Bonchev–Trinajstić information content (AvgIpc) is 2.16.